The fourth-order valence-electron chi connectivity index (χ4n) is 9.39. The summed E-state index contributed by atoms with van der Waals surface area (Å²) in [6.45, 7) is 8.94. The molecule has 2 aliphatic heterocycles. The van der Waals surface area contributed by atoms with Crippen LogP contribution in [0.15, 0.2) is 109 Å². The number of benzene rings is 4. The van der Waals surface area contributed by atoms with E-state index in [-0.39, 0.29) is 66.2 Å². The van der Waals surface area contributed by atoms with E-state index in [0.29, 0.717) is 50.9 Å². The van der Waals surface area contributed by atoms with E-state index in [0.717, 1.165) is 45.3 Å². The van der Waals surface area contributed by atoms with Gasteiger partial charge in [-0.15, -0.1) is 0 Å². The van der Waals surface area contributed by atoms with Gasteiger partial charge in [0.25, 0.3) is 0 Å². The van der Waals surface area contributed by atoms with Crippen molar-refractivity contribution in [2.75, 3.05) is 18.4 Å². The van der Waals surface area contributed by atoms with Crippen LogP contribution in [0.5, 0.6) is 0 Å². The number of likely N-dealkylation sites (tertiary alicyclic amines) is 2. The Morgan fingerprint density at radius 2 is 1.14 bits per heavy atom. The first-order valence-electron chi connectivity index (χ1n) is 22.6. The summed E-state index contributed by atoms with van der Waals surface area (Å²) in [6, 6.07) is 33.2. The number of hydrogen-bond donors (Lipinski definition) is 2. The lowest BCUT2D eigenvalue weighted by Crippen LogP contribution is -2.45. The molecule has 3 amide bonds. The minimum Gasteiger partial charge on any atom is -0.355 e. The Kier molecular flexibility index (Phi) is 14.5. The van der Waals surface area contributed by atoms with E-state index in [1.807, 2.05) is 137 Å². The molecular formula is C53H60N4O6. The number of nitrogens with zero attached hydrogens (tertiary/aromatic N) is 2. The van der Waals surface area contributed by atoms with Crippen molar-refractivity contribution in [1.82, 2.24) is 14.8 Å². The van der Waals surface area contributed by atoms with Crippen molar-refractivity contribution in [1.29, 1.82) is 0 Å². The van der Waals surface area contributed by atoms with Crippen LogP contribution in [0.25, 0.3) is 22.2 Å². The zero-order valence-corrected chi connectivity index (χ0v) is 37.0. The maximum absolute atomic E-state index is 14.1. The van der Waals surface area contributed by atoms with Crippen molar-refractivity contribution < 1.29 is 28.8 Å². The predicted octanol–water partition coefficient (Wildman–Crippen LogP) is 9.45. The van der Waals surface area contributed by atoms with Crippen molar-refractivity contribution in [2.24, 2.45) is 11.8 Å². The quantitative estimate of drug-likeness (QED) is 0.0902. The normalized spacial score (nSPS) is 17.3. The lowest BCUT2D eigenvalue weighted by Gasteiger charge is -2.28. The minimum atomic E-state index is -0.636. The Balaban J connectivity index is 0.987. The lowest BCUT2D eigenvalue weighted by molar-refractivity contribution is -0.139. The molecule has 3 heterocycles. The van der Waals surface area contributed by atoms with E-state index < -0.39 is 23.9 Å². The maximum Gasteiger partial charge on any atom is 0.247 e. The van der Waals surface area contributed by atoms with E-state index in [9.17, 15) is 28.8 Å². The second-order valence-electron chi connectivity index (χ2n) is 18.3. The molecule has 63 heavy (non-hydrogen) atoms. The molecule has 0 aliphatic carbocycles. The first kappa shape index (κ1) is 44.9. The van der Waals surface area contributed by atoms with Gasteiger partial charge in [0.1, 0.15) is 17.6 Å². The summed E-state index contributed by atoms with van der Waals surface area (Å²) < 4.78 is 0. The van der Waals surface area contributed by atoms with Gasteiger partial charge in [0, 0.05) is 67.5 Å². The number of anilines is 1. The van der Waals surface area contributed by atoms with Crippen LogP contribution in [-0.2, 0) is 35.2 Å². The van der Waals surface area contributed by atoms with Crippen LogP contribution in [0, 0.1) is 11.8 Å². The van der Waals surface area contributed by atoms with Crippen molar-refractivity contribution in [2.45, 2.75) is 109 Å². The lowest BCUT2D eigenvalue weighted by atomic mass is 9.89. The molecule has 0 bridgehead atoms. The van der Waals surface area contributed by atoms with Gasteiger partial charge in [0.15, 0.2) is 5.78 Å². The monoisotopic (exact) mass is 848 g/mol. The number of aromatic nitrogens is 1. The molecule has 2 fully saturated rings. The summed E-state index contributed by atoms with van der Waals surface area (Å²) >= 11 is 0. The van der Waals surface area contributed by atoms with E-state index in [4.69, 9.17) is 0 Å². The van der Waals surface area contributed by atoms with Crippen molar-refractivity contribution in [3.8, 4) is 11.3 Å². The van der Waals surface area contributed by atoms with Crippen molar-refractivity contribution >= 4 is 51.7 Å². The summed E-state index contributed by atoms with van der Waals surface area (Å²) in [7, 11) is 0. The number of nitrogens with one attached hydrogen (secondary N) is 2. The molecule has 4 aromatic carbocycles. The van der Waals surface area contributed by atoms with Crippen molar-refractivity contribution in [3.63, 3.8) is 0 Å². The fraction of sp³-hybridized carbons (Fsp3) is 0.396. The molecule has 10 nitrogen and oxygen atoms in total. The van der Waals surface area contributed by atoms with Gasteiger partial charge in [0.05, 0.1) is 17.9 Å². The molecule has 328 valence electrons. The largest absolute Gasteiger partial charge is 0.355 e. The average molecular weight is 849 g/mol. The zero-order valence-electron chi connectivity index (χ0n) is 37.0. The summed E-state index contributed by atoms with van der Waals surface area (Å²) in [5.74, 6) is -1.36. The minimum absolute atomic E-state index is 0.00763. The van der Waals surface area contributed by atoms with Gasteiger partial charge < -0.3 is 20.1 Å². The molecule has 2 saturated heterocycles. The van der Waals surface area contributed by atoms with Crippen molar-refractivity contribution in [3.05, 3.63) is 126 Å². The number of carbonyl (C=O) groups is 6. The number of carbonyl (C=O) groups excluding carboxylic acids is 6. The Hall–Kier alpha value is -6.16. The highest BCUT2D eigenvalue weighted by Gasteiger charge is 2.40. The molecule has 1 aromatic heterocycles. The molecule has 0 unspecified atom stereocenters. The Morgan fingerprint density at radius 1 is 0.619 bits per heavy atom. The second-order valence-corrected chi connectivity index (χ2v) is 18.3. The predicted molar refractivity (Wildman–Crippen MR) is 247 cm³/mol. The van der Waals surface area contributed by atoms with E-state index >= 15 is 0 Å². The number of fused-ring (bicyclic) bond motifs is 1. The van der Waals surface area contributed by atoms with Gasteiger partial charge in [-0.1, -0.05) is 107 Å². The van der Waals surface area contributed by atoms with Gasteiger partial charge in [-0.2, -0.15) is 0 Å². The molecule has 5 aromatic rings. The third-order valence-corrected chi connectivity index (χ3v) is 12.4. The second kappa shape index (κ2) is 20.4. The number of ketones is 3. The van der Waals surface area contributed by atoms with Gasteiger partial charge in [-0.25, -0.2) is 0 Å². The van der Waals surface area contributed by atoms with Gasteiger partial charge in [-0.05, 0) is 90.1 Å². The summed E-state index contributed by atoms with van der Waals surface area (Å²) in [5.41, 5.74) is 5.77. The van der Waals surface area contributed by atoms with Crippen LogP contribution < -0.4 is 5.32 Å². The number of aromatic amines is 1. The van der Waals surface area contributed by atoms with Gasteiger partial charge in [-0.3, -0.25) is 28.8 Å². The van der Waals surface area contributed by atoms with Crippen LogP contribution in [0.3, 0.4) is 0 Å². The molecule has 2 N–H and O–H groups in total. The molecule has 7 rings (SSSR count). The molecule has 0 radical (unpaired) electrons. The highest BCUT2D eigenvalue weighted by molar-refractivity contribution is 6.00. The highest BCUT2D eigenvalue weighted by atomic mass is 16.2. The van der Waals surface area contributed by atoms with Gasteiger partial charge in [0.2, 0.25) is 17.7 Å². The first-order chi connectivity index (χ1) is 30.3. The molecule has 10 heteroatoms. The smallest absolute Gasteiger partial charge is 0.247 e. The molecule has 0 saturated carbocycles. The number of Topliss-reactive ketones (excluding diaryl/α,β-unsaturated/α-hetero) is 3. The highest BCUT2D eigenvalue weighted by Crippen LogP contribution is 2.32. The van der Waals surface area contributed by atoms with E-state index in [1.54, 1.807) is 9.80 Å². The third-order valence-electron chi connectivity index (χ3n) is 12.4. The van der Waals surface area contributed by atoms with Crippen LogP contribution in [0.1, 0.15) is 108 Å². The summed E-state index contributed by atoms with van der Waals surface area (Å²) in [5, 5.41) is 3.98. The van der Waals surface area contributed by atoms with Crippen LogP contribution in [0.4, 0.5) is 5.69 Å². The first-order valence-corrected chi connectivity index (χ1v) is 22.6. The van der Waals surface area contributed by atoms with Crippen LogP contribution in [0.2, 0.25) is 0 Å². The average Bonchev–Trinajstić information content (AvgIpc) is 4.05. The van der Waals surface area contributed by atoms with Crippen LogP contribution in [-0.4, -0.2) is 75.0 Å². The number of hydrogen-bond acceptors (Lipinski definition) is 6. The Morgan fingerprint density at radius 3 is 1.68 bits per heavy atom. The SMILES string of the molecule is CC(C)CC(=O)C[C@@H](C(=O)N1CCC[C@H]1C(=O)Cc1ccc2[nH]c(-c3ccc(NC(=O)[C@@H]4CCCN4C(=O)[C@H](CC(=O)CC(C)C)c4ccccc4)cc3)cc2c1)c1ccccc1. The third kappa shape index (κ3) is 11.1. The molecule has 4 atom stereocenters. The number of amides is 3. The Bertz CT molecular complexity index is 2420. The summed E-state index contributed by atoms with van der Waals surface area (Å²) in [4.78, 5) is 88.5. The van der Waals surface area contributed by atoms with E-state index in [1.165, 1.54) is 0 Å². The van der Waals surface area contributed by atoms with Gasteiger partial charge >= 0.3 is 0 Å². The molecule has 2 aliphatic rings. The topological polar surface area (TPSA) is 137 Å². The fourth-order valence-corrected chi connectivity index (χ4v) is 9.39. The maximum atomic E-state index is 14.1. The number of H-pyrrole nitrogens is 1. The molecule has 0 spiro atoms. The standard InChI is InChI=1S/C53H60N4O6/c1-34(2)27-42(58)32-44(37-13-7-5-8-14-37)52(62)56-25-11-17-48(56)50(60)30-36-19-24-46-40(29-36)31-47(55-46)39-20-22-41(23-21-39)54-51(61)49-18-12-26-57(49)53(63)45(33-43(59)28-35(3)4)38-15-9-6-10-16-38/h5-10,13-16,19-24,29,31,34-35,44-45,48-49,55H,11-12,17-18,25-28,30,32-33H2,1-4H3,(H,54,61)/t44-,45-,48+,49+/m1/s1. The zero-order chi connectivity index (χ0) is 44.6. The Labute approximate surface area is 370 Å². The van der Waals surface area contributed by atoms with Crippen LogP contribution >= 0.6 is 0 Å². The number of rotatable bonds is 18. The summed E-state index contributed by atoms with van der Waals surface area (Å²) in [6.07, 6.45) is 3.84. The van der Waals surface area contributed by atoms with E-state index in [2.05, 4.69) is 10.3 Å². The molecular weight excluding hydrogens is 789 g/mol.